The summed E-state index contributed by atoms with van der Waals surface area (Å²) in [6, 6.07) is 0. The zero-order valence-corrected chi connectivity index (χ0v) is 14.6. The van der Waals surface area contributed by atoms with Gasteiger partial charge in [0.2, 0.25) is 0 Å². The molecule has 0 radical (unpaired) electrons. The van der Waals surface area contributed by atoms with Gasteiger partial charge in [-0.05, 0) is 76.1 Å². The Labute approximate surface area is 115 Å². The lowest BCUT2D eigenvalue weighted by Gasteiger charge is -2.40. The van der Waals surface area contributed by atoms with Crippen LogP contribution >= 0.6 is 22.6 Å². The summed E-state index contributed by atoms with van der Waals surface area (Å²) in [4.78, 5) is 0. The molecule has 1 aliphatic rings. The Kier molecular flexibility index (Phi) is 4.69. The van der Waals surface area contributed by atoms with Crippen molar-refractivity contribution in [3.63, 3.8) is 0 Å². The monoisotopic (exact) mass is 352 g/mol. The highest BCUT2D eigenvalue weighted by atomic mass is 127. The molecule has 16 heavy (non-hydrogen) atoms. The fraction of sp³-hybridized carbons (Fsp3) is 0.846. The van der Waals surface area contributed by atoms with Crippen LogP contribution in [0.25, 0.3) is 0 Å². The van der Waals surface area contributed by atoms with E-state index in [2.05, 4.69) is 63.4 Å². The molecule has 0 aromatic rings. The normalized spacial score (nSPS) is 23.8. The van der Waals surface area contributed by atoms with E-state index in [4.69, 9.17) is 4.43 Å². The molecule has 0 aromatic carbocycles. The van der Waals surface area contributed by atoms with Gasteiger partial charge in [-0.1, -0.05) is 20.8 Å². The molecule has 1 aliphatic carbocycles. The molecule has 0 amide bonds. The van der Waals surface area contributed by atoms with Gasteiger partial charge in [-0.3, -0.25) is 0 Å². The second kappa shape index (κ2) is 5.10. The second-order valence-electron chi connectivity index (χ2n) is 6.35. The zero-order valence-electron chi connectivity index (χ0n) is 11.5. The fourth-order valence-corrected chi connectivity index (χ4v) is 3.80. The lowest BCUT2D eigenvalue weighted by molar-refractivity contribution is 0.195. The topological polar surface area (TPSA) is 9.23 Å². The quantitative estimate of drug-likeness (QED) is 0.486. The van der Waals surface area contributed by atoms with Gasteiger partial charge in [0, 0.05) is 0 Å². The molecule has 0 saturated carbocycles. The van der Waals surface area contributed by atoms with Gasteiger partial charge in [0.05, 0.1) is 6.10 Å². The summed E-state index contributed by atoms with van der Waals surface area (Å²) in [5.41, 5.74) is 1.48. The largest absolute Gasteiger partial charge is 0.410 e. The molecule has 3 heteroatoms. The Balaban J connectivity index is 2.78. The number of allylic oxidation sites excluding steroid dienone is 1. The summed E-state index contributed by atoms with van der Waals surface area (Å²) >= 11 is 2.49. The minimum atomic E-state index is -1.60. The van der Waals surface area contributed by atoms with Crippen molar-refractivity contribution in [3.8, 4) is 0 Å². The molecule has 0 heterocycles. The minimum absolute atomic E-state index is 0.316. The van der Waals surface area contributed by atoms with E-state index in [9.17, 15) is 0 Å². The molecule has 0 spiro atoms. The van der Waals surface area contributed by atoms with Gasteiger partial charge in [-0.15, -0.1) is 0 Å². The Morgan fingerprint density at radius 2 is 1.88 bits per heavy atom. The lowest BCUT2D eigenvalue weighted by atomic mass is 9.98. The van der Waals surface area contributed by atoms with Crippen LogP contribution in [0, 0.1) is 0 Å². The minimum Gasteiger partial charge on any atom is -0.410 e. The first kappa shape index (κ1) is 14.7. The molecular formula is C13H25IOSi. The van der Waals surface area contributed by atoms with Crippen molar-refractivity contribution in [1.82, 2.24) is 0 Å². The number of hydrogen-bond acceptors (Lipinski definition) is 1. The van der Waals surface area contributed by atoms with Gasteiger partial charge in [-0.2, -0.15) is 0 Å². The molecule has 1 rings (SSSR count). The number of rotatable bonds is 2. The first-order valence-corrected chi connectivity index (χ1v) is 10.2. The van der Waals surface area contributed by atoms with Gasteiger partial charge in [0.25, 0.3) is 0 Å². The Bertz CT molecular complexity index is 289. The van der Waals surface area contributed by atoms with Crippen molar-refractivity contribution in [3.05, 3.63) is 9.15 Å². The zero-order chi connectivity index (χ0) is 12.6. The van der Waals surface area contributed by atoms with Crippen molar-refractivity contribution < 1.29 is 4.43 Å². The standard InChI is InChI=1S/C13H25IOSi/c1-10-11(14)8-7-9-12(10)15-16(5,6)13(2,3)4/h12H,7-9H2,1-6H3. The van der Waals surface area contributed by atoms with Crippen molar-refractivity contribution in [2.45, 2.75) is 71.2 Å². The van der Waals surface area contributed by atoms with E-state index in [1.54, 1.807) is 0 Å². The van der Waals surface area contributed by atoms with Gasteiger partial charge >= 0.3 is 0 Å². The molecule has 1 atom stereocenters. The van der Waals surface area contributed by atoms with Gasteiger partial charge in [-0.25, -0.2) is 0 Å². The molecule has 0 N–H and O–H groups in total. The smallest absolute Gasteiger partial charge is 0.192 e. The third-order valence-corrected chi connectivity index (χ3v) is 9.89. The van der Waals surface area contributed by atoms with Crippen LogP contribution in [0.1, 0.15) is 47.0 Å². The molecule has 1 nitrogen and oxygen atoms in total. The highest BCUT2D eigenvalue weighted by molar-refractivity contribution is 14.1. The van der Waals surface area contributed by atoms with Crippen LogP contribution in [0.4, 0.5) is 0 Å². The van der Waals surface area contributed by atoms with Gasteiger partial charge < -0.3 is 4.43 Å². The SMILES string of the molecule is CC1=C(I)CCCC1O[Si](C)(C)C(C)(C)C. The van der Waals surface area contributed by atoms with Gasteiger partial charge in [0.1, 0.15) is 0 Å². The van der Waals surface area contributed by atoms with Crippen molar-refractivity contribution in [2.75, 3.05) is 0 Å². The van der Waals surface area contributed by atoms with Gasteiger partial charge in [0.15, 0.2) is 8.32 Å². The van der Waals surface area contributed by atoms with E-state index in [-0.39, 0.29) is 0 Å². The molecule has 0 aliphatic heterocycles. The van der Waals surface area contributed by atoms with Crippen molar-refractivity contribution >= 4 is 30.9 Å². The average Bonchev–Trinajstić information content (AvgIpc) is 2.11. The molecule has 0 bridgehead atoms. The molecule has 94 valence electrons. The van der Waals surface area contributed by atoms with Crippen LogP contribution in [0.3, 0.4) is 0 Å². The third kappa shape index (κ3) is 3.32. The average molecular weight is 352 g/mol. The summed E-state index contributed by atoms with van der Waals surface area (Å²) in [6.45, 7) is 13.9. The molecule has 1 unspecified atom stereocenters. The van der Waals surface area contributed by atoms with Crippen molar-refractivity contribution in [2.24, 2.45) is 0 Å². The van der Waals surface area contributed by atoms with Crippen LogP contribution in [-0.2, 0) is 4.43 Å². The third-order valence-electron chi connectivity index (χ3n) is 4.02. The highest BCUT2D eigenvalue weighted by Gasteiger charge is 2.39. The Hall–Kier alpha value is 0.647. The van der Waals surface area contributed by atoms with Crippen molar-refractivity contribution in [1.29, 1.82) is 0 Å². The Morgan fingerprint density at radius 3 is 2.38 bits per heavy atom. The first-order valence-electron chi connectivity index (χ1n) is 6.18. The van der Waals surface area contributed by atoms with Crippen LogP contribution < -0.4 is 0 Å². The predicted molar refractivity (Wildman–Crippen MR) is 82.6 cm³/mol. The van der Waals surface area contributed by atoms with Crippen LogP contribution in [0.2, 0.25) is 18.1 Å². The van der Waals surface area contributed by atoms with Crippen LogP contribution in [0.5, 0.6) is 0 Å². The fourth-order valence-electron chi connectivity index (χ4n) is 1.71. The summed E-state index contributed by atoms with van der Waals surface area (Å²) in [7, 11) is -1.60. The predicted octanol–water partition coefficient (Wildman–Crippen LogP) is 5.27. The molecule has 0 saturated heterocycles. The number of hydrogen-bond donors (Lipinski definition) is 0. The maximum atomic E-state index is 6.50. The number of halogens is 1. The molecular weight excluding hydrogens is 327 g/mol. The van der Waals surface area contributed by atoms with E-state index >= 15 is 0 Å². The first-order chi connectivity index (χ1) is 7.15. The maximum absolute atomic E-state index is 6.50. The lowest BCUT2D eigenvalue weighted by Crippen LogP contribution is -2.44. The highest BCUT2D eigenvalue weighted by Crippen LogP contribution is 2.40. The van der Waals surface area contributed by atoms with Crippen LogP contribution in [-0.4, -0.2) is 14.4 Å². The Morgan fingerprint density at radius 1 is 1.31 bits per heavy atom. The summed E-state index contributed by atoms with van der Waals surface area (Å²) in [5, 5.41) is 0.316. The summed E-state index contributed by atoms with van der Waals surface area (Å²) in [5.74, 6) is 0. The maximum Gasteiger partial charge on any atom is 0.192 e. The van der Waals surface area contributed by atoms with E-state index in [0.29, 0.717) is 11.1 Å². The second-order valence-corrected chi connectivity index (χ2v) is 12.4. The summed E-state index contributed by atoms with van der Waals surface area (Å²) in [6.07, 6.45) is 4.14. The molecule has 0 aromatic heterocycles. The summed E-state index contributed by atoms with van der Waals surface area (Å²) < 4.78 is 8.02. The van der Waals surface area contributed by atoms with E-state index in [0.717, 1.165) is 0 Å². The van der Waals surface area contributed by atoms with E-state index < -0.39 is 8.32 Å². The molecule has 0 fully saturated rings. The van der Waals surface area contributed by atoms with E-state index in [1.165, 1.54) is 28.4 Å². The van der Waals surface area contributed by atoms with E-state index in [1.807, 2.05) is 0 Å². The van der Waals surface area contributed by atoms with Crippen LogP contribution in [0.15, 0.2) is 9.15 Å².